The minimum atomic E-state index is -2.02. The van der Waals surface area contributed by atoms with Crippen LogP contribution >= 0.6 is 0 Å². The second kappa shape index (κ2) is 5.58. The summed E-state index contributed by atoms with van der Waals surface area (Å²) in [5.41, 5.74) is -2.02. The molecule has 8 nitrogen and oxygen atoms in total. The highest BCUT2D eigenvalue weighted by Crippen LogP contribution is 2.02. The molecule has 0 saturated carbocycles. The lowest BCUT2D eigenvalue weighted by Crippen LogP contribution is -2.46. The smallest absolute Gasteiger partial charge is 0.337 e. The number of H-pyrrole nitrogens is 1. The average molecular weight is 256 g/mol. The summed E-state index contributed by atoms with van der Waals surface area (Å²) in [6.07, 6.45) is 1.54. The fraction of sp³-hybridized carbons (Fsp3) is 0.600. The van der Waals surface area contributed by atoms with E-state index in [0.717, 1.165) is 13.3 Å². The maximum atomic E-state index is 11.6. The zero-order valence-electron chi connectivity index (χ0n) is 10.2. The Morgan fingerprint density at radius 3 is 2.72 bits per heavy atom. The van der Waals surface area contributed by atoms with Gasteiger partial charge >= 0.3 is 5.97 Å². The molecule has 0 aliphatic carbocycles. The number of nitrogens with zero attached hydrogens (tertiary/aromatic N) is 2. The van der Waals surface area contributed by atoms with Crippen molar-refractivity contribution in [3.05, 3.63) is 11.6 Å². The number of carbonyl (C=O) groups excluding carboxylic acids is 1. The molecule has 0 aliphatic heterocycles. The summed E-state index contributed by atoms with van der Waals surface area (Å²) >= 11 is 0. The van der Waals surface area contributed by atoms with Crippen molar-refractivity contribution >= 4 is 11.9 Å². The van der Waals surface area contributed by atoms with Gasteiger partial charge in [0.25, 0.3) is 5.91 Å². The normalized spacial score (nSPS) is 13.9. The molecule has 0 aromatic carbocycles. The van der Waals surface area contributed by atoms with Gasteiger partial charge in [0.15, 0.2) is 5.60 Å². The molecule has 1 amide bonds. The SMILES string of the molecule is CCCc1nc(C(=O)NCC(C)(O)C(=O)O)n[nH]1. The number of aliphatic carboxylic acids is 1. The number of aromatic nitrogens is 3. The predicted octanol–water partition coefficient (Wildman–Crippen LogP) is -0.677. The van der Waals surface area contributed by atoms with Crippen LogP contribution in [0.2, 0.25) is 0 Å². The fourth-order valence-electron chi connectivity index (χ4n) is 1.15. The van der Waals surface area contributed by atoms with E-state index in [1.165, 1.54) is 0 Å². The summed E-state index contributed by atoms with van der Waals surface area (Å²) in [4.78, 5) is 26.1. The number of aromatic amines is 1. The van der Waals surface area contributed by atoms with Gasteiger partial charge in [0, 0.05) is 6.42 Å². The zero-order valence-corrected chi connectivity index (χ0v) is 10.2. The van der Waals surface area contributed by atoms with Crippen molar-refractivity contribution in [2.75, 3.05) is 6.54 Å². The van der Waals surface area contributed by atoms with Gasteiger partial charge in [-0.15, -0.1) is 5.10 Å². The number of hydrogen-bond acceptors (Lipinski definition) is 5. The lowest BCUT2D eigenvalue weighted by molar-refractivity contribution is -0.155. The highest BCUT2D eigenvalue weighted by Gasteiger charge is 2.30. The number of carboxylic acids is 1. The van der Waals surface area contributed by atoms with Crippen LogP contribution in [0.1, 0.15) is 36.7 Å². The van der Waals surface area contributed by atoms with Crippen LogP contribution in [0, 0.1) is 0 Å². The van der Waals surface area contributed by atoms with Crippen molar-refractivity contribution in [3.8, 4) is 0 Å². The van der Waals surface area contributed by atoms with Crippen molar-refractivity contribution in [2.24, 2.45) is 0 Å². The van der Waals surface area contributed by atoms with E-state index in [9.17, 15) is 14.7 Å². The van der Waals surface area contributed by atoms with Crippen molar-refractivity contribution in [1.29, 1.82) is 0 Å². The van der Waals surface area contributed by atoms with Gasteiger partial charge in [0.1, 0.15) is 5.82 Å². The Morgan fingerprint density at radius 2 is 2.17 bits per heavy atom. The zero-order chi connectivity index (χ0) is 13.8. The van der Waals surface area contributed by atoms with E-state index in [4.69, 9.17) is 5.11 Å². The van der Waals surface area contributed by atoms with Crippen LogP contribution in [-0.4, -0.2) is 49.4 Å². The van der Waals surface area contributed by atoms with Crippen LogP contribution in [0.15, 0.2) is 0 Å². The predicted molar refractivity (Wildman–Crippen MR) is 61.0 cm³/mol. The summed E-state index contributed by atoms with van der Waals surface area (Å²) in [7, 11) is 0. The molecule has 8 heteroatoms. The molecule has 18 heavy (non-hydrogen) atoms. The number of carboxylic acid groups (broad SMARTS) is 1. The first-order valence-electron chi connectivity index (χ1n) is 5.52. The first kappa shape index (κ1) is 14.1. The second-order valence-electron chi connectivity index (χ2n) is 4.12. The van der Waals surface area contributed by atoms with Crippen molar-refractivity contribution < 1.29 is 19.8 Å². The van der Waals surface area contributed by atoms with Gasteiger partial charge in [-0.05, 0) is 13.3 Å². The Balaban J connectivity index is 2.57. The maximum absolute atomic E-state index is 11.6. The molecule has 0 bridgehead atoms. The Kier molecular flexibility index (Phi) is 4.38. The third kappa shape index (κ3) is 3.52. The van der Waals surface area contributed by atoms with Gasteiger partial charge in [-0.3, -0.25) is 9.89 Å². The Morgan fingerprint density at radius 1 is 1.50 bits per heavy atom. The van der Waals surface area contributed by atoms with Crippen LogP contribution in [0.4, 0.5) is 0 Å². The van der Waals surface area contributed by atoms with E-state index in [0.29, 0.717) is 12.2 Å². The molecular weight excluding hydrogens is 240 g/mol. The van der Waals surface area contributed by atoms with Gasteiger partial charge in [0.05, 0.1) is 6.54 Å². The summed E-state index contributed by atoms with van der Waals surface area (Å²) in [6.45, 7) is 2.64. The number of nitrogens with one attached hydrogen (secondary N) is 2. The topological polar surface area (TPSA) is 128 Å². The molecule has 0 saturated heterocycles. The van der Waals surface area contributed by atoms with E-state index >= 15 is 0 Å². The van der Waals surface area contributed by atoms with Crippen molar-refractivity contribution in [1.82, 2.24) is 20.5 Å². The third-order valence-corrected chi connectivity index (χ3v) is 2.28. The van der Waals surface area contributed by atoms with Crippen LogP contribution in [0.5, 0.6) is 0 Å². The lowest BCUT2D eigenvalue weighted by atomic mass is 10.1. The number of aliphatic hydroxyl groups is 1. The number of hydrogen-bond donors (Lipinski definition) is 4. The van der Waals surface area contributed by atoms with E-state index in [2.05, 4.69) is 20.5 Å². The minimum absolute atomic E-state index is 0.0698. The number of rotatable bonds is 6. The molecule has 1 aromatic heterocycles. The van der Waals surface area contributed by atoms with Crippen LogP contribution in [0.3, 0.4) is 0 Å². The largest absolute Gasteiger partial charge is 0.479 e. The summed E-state index contributed by atoms with van der Waals surface area (Å²) in [6, 6.07) is 0. The van der Waals surface area contributed by atoms with Crippen LogP contribution in [0.25, 0.3) is 0 Å². The lowest BCUT2D eigenvalue weighted by Gasteiger charge is -2.17. The van der Waals surface area contributed by atoms with Gasteiger partial charge in [-0.2, -0.15) is 0 Å². The molecular formula is C10H16N4O4. The second-order valence-corrected chi connectivity index (χ2v) is 4.12. The standard InChI is InChI=1S/C10H16N4O4/c1-3-4-6-12-7(14-13-6)8(15)11-5-10(2,18)9(16)17/h18H,3-5H2,1-2H3,(H,11,15)(H,16,17)(H,12,13,14). The van der Waals surface area contributed by atoms with Crippen LogP contribution in [-0.2, 0) is 11.2 Å². The Hall–Kier alpha value is -1.96. The van der Waals surface area contributed by atoms with Gasteiger partial charge < -0.3 is 15.5 Å². The van der Waals surface area contributed by atoms with Crippen LogP contribution < -0.4 is 5.32 Å². The Bertz CT molecular complexity index is 441. The van der Waals surface area contributed by atoms with Crippen molar-refractivity contribution in [3.63, 3.8) is 0 Å². The third-order valence-electron chi connectivity index (χ3n) is 2.28. The maximum Gasteiger partial charge on any atom is 0.337 e. The summed E-state index contributed by atoms with van der Waals surface area (Å²) in [5, 5.41) is 26.6. The Labute approximate surface area is 103 Å². The van der Waals surface area contributed by atoms with E-state index in [1.807, 2.05) is 6.92 Å². The molecule has 1 atom stereocenters. The number of carbonyl (C=O) groups is 2. The summed E-state index contributed by atoms with van der Waals surface area (Å²) < 4.78 is 0. The fourth-order valence-corrected chi connectivity index (χ4v) is 1.15. The highest BCUT2D eigenvalue weighted by atomic mass is 16.4. The highest BCUT2D eigenvalue weighted by molar-refractivity contribution is 5.91. The molecule has 0 fully saturated rings. The molecule has 1 rings (SSSR count). The minimum Gasteiger partial charge on any atom is -0.479 e. The van der Waals surface area contributed by atoms with E-state index < -0.39 is 24.0 Å². The van der Waals surface area contributed by atoms with Gasteiger partial charge in [0.2, 0.25) is 5.82 Å². The van der Waals surface area contributed by atoms with Gasteiger partial charge in [-0.1, -0.05) is 6.92 Å². The van der Waals surface area contributed by atoms with E-state index in [1.54, 1.807) is 0 Å². The molecule has 100 valence electrons. The molecule has 1 heterocycles. The quantitative estimate of drug-likeness (QED) is 0.534. The first-order chi connectivity index (χ1) is 8.36. The summed E-state index contributed by atoms with van der Waals surface area (Å²) in [5.74, 6) is -1.52. The molecule has 1 aromatic rings. The van der Waals surface area contributed by atoms with Crippen molar-refractivity contribution in [2.45, 2.75) is 32.3 Å². The molecule has 4 N–H and O–H groups in total. The monoisotopic (exact) mass is 256 g/mol. The molecule has 0 aliphatic rings. The molecule has 0 spiro atoms. The first-order valence-corrected chi connectivity index (χ1v) is 5.52. The molecule has 1 unspecified atom stereocenters. The number of amides is 1. The molecule has 0 radical (unpaired) electrons. The average Bonchev–Trinajstić information content (AvgIpc) is 2.75. The van der Waals surface area contributed by atoms with E-state index in [-0.39, 0.29) is 5.82 Å². The van der Waals surface area contributed by atoms with Gasteiger partial charge in [-0.25, -0.2) is 9.78 Å². The number of aryl methyl sites for hydroxylation is 1.